The highest BCUT2D eigenvalue weighted by atomic mass is 32.2. The normalized spacial score (nSPS) is 14.1. The van der Waals surface area contributed by atoms with Crippen molar-refractivity contribution in [3.8, 4) is 0 Å². The van der Waals surface area contributed by atoms with E-state index in [2.05, 4.69) is 0 Å². The second kappa shape index (κ2) is 4.58. The van der Waals surface area contributed by atoms with E-state index < -0.39 is 5.44 Å². The van der Waals surface area contributed by atoms with Crippen LogP contribution < -0.4 is 0 Å². The summed E-state index contributed by atoms with van der Waals surface area (Å²) in [7, 11) is 0. The van der Waals surface area contributed by atoms with Gasteiger partial charge in [-0.05, 0) is 25.3 Å². The molecule has 1 N–H and O–H groups in total. The largest absolute Gasteiger partial charge is 0.379 e. The van der Waals surface area contributed by atoms with Crippen LogP contribution in [0.1, 0.15) is 6.92 Å². The summed E-state index contributed by atoms with van der Waals surface area (Å²) in [6, 6.07) is 0. The lowest BCUT2D eigenvalue weighted by Crippen LogP contribution is -1.94. The standard InChI is InChI=1S/C6H10O2S/c1-5(7)3-4-6(8)9-2/h3-4,6,8H,1-2H3/b4-3-. The van der Waals surface area contributed by atoms with Gasteiger partial charge in [0.25, 0.3) is 0 Å². The number of carbonyl (C=O) groups excluding carboxylic acids is 1. The predicted molar refractivity (Wildman–Crippen MR) is 39.3 cm³/mol. The Bertz CT molecular complexity index is 120. The first-order valence-corrected chi connectivity index (χ1v) is 3.85. The molecular weight excluding hydrogens is 136 g/mol. The Labute approximate surface area is 59.0 Å². The smallest absolute Gasteiger partial charge is 0.152 e. The molecule has 0 aromatic heterocycles. The second-order valence-electron chi connectivity index (χ2n) is 1.60. The van der Waals surface area contributed by atoms with Crippen molar-refractivity contribution in [3.05, 3.63) is 12.2 Å². The van der Waals surface area contributed by atoms with Crippen LogP contribution in [0.4, 0.5) is 0 Å². The van der Waals surface area contributed by atoms with Crippen molar-refractivity contribution in [2.24, 2.45) is 0 Å². The molecule has 0 aromatic carbocycles. The van der Waals surface area contributed by atoms with Crippen LogP contribution >= 0.6 is 11.8 Å². The highest BCUT2D eigenvalue weighted by Crippen LogP contribution is 2.02. The molecule has 0 fully saturated rings. The van der Waals surface area contributed by atoms with Crippen LogP contribution in [0.25, 0.3) is 0 Å². The molecule has 0 saturated carbocycles. The van der Waals surface area contributed by atoms with Crippen LogP contribution in [0.2, 0.25) is 0 Å². The molecule has 0 bridgehead atoms. The number of allylic oxidation sites excluding steroid dienone is 1. The number of hydrogen-bond donors (Lipinski definition) is 1. The summed E-state index contributed by atoms with van der Waals surface area (Å²) < 4.78 is 0. The van der Waals surface area contributed by atoms with Crippen molar-refractivity contribution in [2.45, 2.75) is 12.4 Å². The molecule has 0 aliphatic carbocycles. The lowest BCUT2D eigenvalue weighted by Gasteiger charge is -1.95. The Hall–Kier alpha value is -0.280. The summed E-state index contributed by atoms with van der Waals surface area (Å²) in [5, 5.41) is 8.83. The van der Waals surface area contributed by atoms with E-state index in [1.165, 1.54) is 30.8 Å². The minimum atomic E-state index is -0.547. The van der Waals surface area contributed by atoms with Gasteiger partial charge in [0.05, 0.1) is 0 Å². The molecule has 0 aliphatic heterocycles. The zero-order chi connectivity index (χ0) is 7.28. The van der Waals surface area contributed by atoms with Crippen molar-refractivity contribution >= 4 is 17.5 Å². The molecule has 0 aliphatic rings. The fourth-order valence-corrected chi connectivity index (χ4v) is 0.532. The van der Waals surface area contributed by atoms with E-state index in [0.29, 0.717) is 0 Å². The molecule has 1 unspecified atom stereocenters. The van der Waals surface area contributed by atoms with E-state index in [-0.39, 0.29) is 5.78 Å². The van der Waals surface area contributed by atoms with Gasteiger partial charge in [-0.25, -0.2) is 0 Å². The van der Waals surface area contributed by atoms with Gasteiger partial charge in [-0.15, -0.1) is 11.8 Å². The van der Waals surface area contributed by atoms with Gasteiger partial charge in [0.15, 0.2) is 5.78 Å². The number of ketones is 1. The maximum Gasteiger partial charge on any atom is 0.152 e. The van der Waals surface area contributed by atoms with Crippen molar-refractivity contribution in [2.75, 3.05) is 6.26 Å². The zero-order valence-electron chi connectivity index (χ0n) is 5.50. The van der Waals surface area contributed by atoms with Crippen molar-refractivity contribution in [3.63, 3.8) is 0 Å². The Balaban J connectivity index is 3.56. The van der Waals surface area contributed by atoms with Gasteiger partial charge in [0.1, 0.15) is 5.44 Å². The maximum atomic E-state index is 10.3. The molecule has 3 heteroatoms. The van der Waals surface area contributed by atoms with E-state index in [1.54, 1.807) is 6.26 Å². The SMILES string of the molecule is CSC(O)/C=C\C(C)=O. The van der Waals surface area contributed by atoms with Gasteiger partial charge in [-0.3, -0.25) is 4.79 Å². The summed E-state index contributed by atoms with van der Waals surface area (Å²) in [6.45, 7) is 1.45. The average molecular weight is 146 g/mol. The van der Waals surface area contributed by atoms with Gasteiger partial charge >= 0.3 is 0 Å². The third kappa shape index (κ3) is 5.59. The zero-order valence-corrected chi connectivity index (χ0v) is 6.31. The highest BCUT2D eigenvalue weighted by molar-refractivity contribution is 7.99. The number of thioether (sulfide) groups is 1. The summed E-state index contributed by atoms with van der Waals surface area (Å²) in [4.78, 5) is 10.3. The van der Waals surface area contributed by atoms with Crippen LogP contribution in [0.3, 0.4) is 0 Å². The summed E-state index contributed by atoms with van der Waals surface area (Å²) >= 11 is 1.28. The molecule has 0 radical (unpaired) electrons. The van der Waals surface area contributed by atoms with Crippen LogP contribution in [-0.4, -0.2) is 22.6 Å². The number of rotatable bonds is 3. The second-order valence-corrected chi connectivity index (χ2v) is 2.55. The van der Waals surface area contributed by atoms with Gasteiger partial charge in [0, 0.05) is 0 Å². The van der Waals surface area contributed by atoms with E-state index >= 15 is 0 Å². The van der Waals surface area contributed by atoms with Gasteiger partial charge < -0.3 is 5.11 Å². The minimum Gasteiger partial charge on any atom is -0.379 e. The molecule has 1 atom stereocenters. The van der Waals surface area contributed by atoms with Gasteiger partial charge in [-0.1, -0.05) is 0 Å². The molecule has 9 heavy (non-hydrogen) atoms. The van der Waals surface area contributed by atoms with Gasteiger partial charge in [-0.2, -0.15) is 0 Å². The minimum absolute atomic E-state index is 0.0388. The maximum absolute atomic E-state index is 10.3. The lowest BCUT2D eigenvalue weighted by atomic mass is 10.4. The fraction of sp³-hybridized carbons (Fsp3) is 0.500. The molecular formula is C6H10O2S. The van der Waals surface area contributed by atoms with Gasteiger partial charge in [0.2, 0.25) is 0 Å². The van der Waals surface area contributed by atoms with E-state index in [1.807, 2.05) is 0 Å². The topological polar surface area (TPSA) is 37.3 Å². The van der Waals surface area contributed by atoms with Crippen LogP contribution in [-0.2, 0) is 4.79 Å². The lowest BCUT2D eigenvalue weighted by molar-refractivity contribution is -0.112. The highest BCUT2D eigenvalue weighted by Gasteiger charge is 1.92. The summed E-state index contributed by atoms with van der Waals surface area (Å²) in [5.41, 5.74) is -0.547. The first-order chi connectivity index (χ1) is 4.16. The Morgan fingerprint density at radius 2 is 2.33 bits per heavy atom. The predicted octanol–water partition coefficient (Wildman–Crippen LogP) is 0.813. The van der Waals surface area contributed by atoms with E-state index in [4.69, 9.17) is 5.11 Å². The molecule has 0 spiro atoms. The van der Waals surface area contributed by atoms with Crippen molar-refractivity contribution < 1.29 is 9.90 Å². The Morgan fingerprint density at radius 1 is 1.78 bits per heavy atom. The molecule has 0 saturated heterocycles. The molecule has 0 amide bonds. The fourth-order valence-electron chi connectivity index (χ4n) is 0.296. The number of hydrogen-bond acceptors (Lipinski definition) is 3. The van der Waals surface area contributed by atoms with Crippen molar-refractivity contribution in [1.82, 2.24) is 0 Å². The molecule has 0 aromatic rings. The average Bonchev–Trinajstić information content (AvgIpc) is 1.83. The van der Waals surface area contributed by atoms with Crippen LogP contribution in [0.5, 0.6) is 0 Å². The van der Waals surface area contributed by atoms with Crippen LogP contribution in [0.15, 0.2) is 12.2 Å². The van der Waals surface area contributed by atoms with Crippen LogP contribution in [0, 0.1) is 0 Å². The third-order valence-electron chi connectivity index (χ3n) is 0.737. The monoisotopic (exact) mass is 146 g/mol. The summed E-state index contributed by atoms with van der Waals surface area (Å²) in [6.07, 6.45) is 4.60. The van der Waals surface area contributed by atoms with Crippen molar-refractivity contribution in [1.29, 1.82) is 0 Å². The number of aliphatic hydroxyl groups is 1. The Kier molecular flexibility index (Phi) is 4.44. The third-order valence-corrected chi connectivity index (χ3v) is 1.38. The van der Waals surface area contributed by atoms with E-state index in [9.17, 15) is 4.79 Å². The molecule has 2 nitrogen and oxygen atoms in total. The molecule has 52 valence electrons. The Morgan fingerprint density at radius 3 is 2.67 bits per heavy atom. The quantitative estimate of drug-likeness (QED) is 0.473. The first-order valence-electron chi connectivity index (χ1n) is 2.56. The number of aliphatic hydroxyl groups excluding tert-OH is 1. The number of carbonyl (C=O) groups is 1. The first kappa shape index (κ1) is 8.72. The summed E-state index contributed by atoms with van der Waals surface area (Å²) in [5.74, 6) is -0.0388. The molecule has 0 rings (SSSR count). The molecule has 0 heterocycles. The van der Waals surface area contributed by atoms with E-state index in [0.717, 1.165) is 0 Å².